The number of carbonyl (C=O) groups is 1. The minimum Gasteiger partial charge on any atom is -0.497 e. The number of amides is 2. The first-order chi connectivity index (χ1) is 10.7. The van der Waals surface area contributed by atoms with Crippen LogP contribution in [0.3, 0.4) is 0 Å². The summed E-state index contributed by atoms with van der Waals surface area (Å²) in [7, 11) is 1.60. The number of rotatable bonds is 3. The molecule has 0 atom stereocenters. The maximum atomic E-state index is 12.7. The second-order valence-electron chi connectivity index (χ2n) is 4.34. The largest absolute Gasteiger partial charge is 0.497 e. The van der Waals surface area contributed by atoms with Gasteiger partial charge in [0.05, 0.1) is 13.7 Å². The summed E-state index contributed by atoms with van der Waals surface area (Å²) in [6.45, 7) is 0.207. The number of ether oxygens (including phenoxy) is 1. The van der Waals surface area contributed by atoms with Crippen LogP contribution in [0.2, 0.25) is 0 Å². The summed E-state index contributed by atoms with van der Waals surface area (Å²) in [4.78, 5) is 11.6. The molecule has 0 bridgehead atoms. The van der Waals surface area contributed by atoms with Gasteiger partial charge in [-0.15, -0.1) is 0 Å². The van der Waals surface area contributed by atoms with Crippen molar-refractivity contribution in [1.82, 2.24) is 5.32 Å². The van der Waals surface area contributed by atoms with Crippen LogP contribution in [0.1, 0.15) is 5.56 Å². The predicted octanol–water partition coefficient (Wildman–Crippen LogP) is 3.01. The molecule has 0 saturated carbocycles. The Kier molecular flexibility index (Phi) is 5.38. The number of halogens is 1. The third-order valence-electron chi connectivity index (χ3n) is 2.76. The SMILES string of the molecule is COc1ccc(C#CCNC(=O)Nc2ccc(F)cc2)cc1. The molecule has 0 radical (unpaired) electrons. The highest BCUT2D eigenvalue weighted by Crippen LogP contribution is 2.10. The van der Waals surface area contributed by atoms with Crippen LogP contribution in [-0.2, 0) is 0 Å². The van der Waals surface area contributed by atoms with Crippen LogP contribution in [0, 0.1) is 17.7 Å². The second-order valence-corrected chi connectivity index (χ2v) is 4.34. The van der Waals surface area contributed by atoms with Crippen molar-refractivity contribution in [3.05, 3.63) is 59.9 Å². The van der Waals surface area contributed by atoms with Crippen molar-refractivity contribution in [2.75, 3.05) is 19.0 Å². The summed E-state index contributed by atoms with van der Waals surface area (Å²) >= 11 is 0. The van der Waals surface area contributed by atoms with E-state index in [1.165, 1.54) is 24.3 Å². The predicted molar refractivity (Wildman–Crippen MR) is 83.3 cm³/mol. The lowest BCUT2D eigenvalue weighted by Crippen LogP contribution is -2.28. The van der Waals surface area contributed by atoms with Crippen molar-refractivity contribution in [3.8, 4) is 17.6 Å². The fourth-order valence-electron chi connectivity index (χ4n) is 1.65. The van der Waals surface area contributed by atoms with Crippen LogP contribution < -0.4 is 15.4 Å². The first-order valence-corrected chi connectivity index (χ1v) is 6.61. The van der Waals surface area contributed by atoms with E-state index in [1.807, 2.05) is 24.3 Å². The number of urea groups is 1. The Bertz CT molecular complexity index is 685. The highest BCUT2D eigenvalue weighted by molar-refractivity contribution is 5.89. The number of anilines is 1. The average molecular weight is 298 g/mol. The first-order valence-electron chi connectivity index (χ1n) is 6.61. The van der Waals surface area contributed by atoms with Gasteiger partial charge in [-0.25, -0.2) is 9.18 Å². The molecule has 0 aliphatic heterocycles. The van der Waals surface area contributed by atoms with E-state index in [9.17, 15) is 9.18 Å². The maximum Gasteiger partial charge on any atom is 0.319 e. The van der Waals surface area contributed by atoms with Gasteiger partial charge in [0.15, 0.2) is 0 Å². The van der Waals surface area contributed by atoms with E-state index in [-0.39, 0.29) is 12.4 Å². The Labute approximate surface area is 128 Å². The quantitative estimate of drug-likeness (QED) is 0.856. The first kappa shape index (κ1) is 15.4. The van der Waals surface area contributed by atoms with Crippen molar-refractivity contribution >= 4 is 11.7 Å². The van der Waals surface area contributed by atoms with Crippen LogP contribution in [0.25, 0.3) is 0 Å². The second kappa shape index (κ2) is 7.70. The van der Waals surface area contributed by atoms with Crippen molar-refractivity contribution in [3.63, 3.8) is 0 Å². The van der Waals surface area contributed by atoms with Crippen molar-refractivity contribution < 1.29 is 13.9 Å². The van der Waals surface area contributed by atoms with Crippen molar-refractivity contribution in [2.24, 2.45) is 0 Å². The summed E-state index contributed by atoms with van der Waals surface area (Å²) in [6, 6.07) is 12.4. The standard InChI is InChI=1S/C17H15FN2O2/c1-22-16-10-4-13(5-11-16)3-2-12-19-17(21)20-15-8-6-14(18)7-9-15/h4-11H,12H2,1H3,(H2,19,20,21). The van der Waals surface area contributed by atoms with Gasteiger partial charge in [0.1, 0.15) is 11.6 Å². The molecule has 2 aromatic rings. The van der Waals surface area contributed by atoms with E-state index < -0.39 is 6.03 Å². The molecule has 2 N–H and O–H groups in total. The lowest BCUT2D eigenvalue weighted by Gasteiger charge is -2.04. The molecule has 0 saturated heterocycles. The van der Waals surface area contributed by atoms with Crippen LogP contribution in [-0.4, -0.2) is 19.7 Å². The zero-order valence-electron chi connectivity index (χ0n) is 12.0. The van der Waals surface area contributed by atoms with E-state index in [0.29, 0.717) is 5.69 Å². The molecule has 0 unspecified atom stereocenters. The van der Waals surface area contributed by atoms with Gasteiger partial charge in [0.2, 0.25) is 0 Å². The Balaban J connectivity index is 1.79. The Hall–Kier alpha value is -3.00. The van der Waals surface area contributed by atoms with Gasteiger partial charge < -0.3 is 15.4 Å². The molecule has 0 aliphatic rings. The van der Waals surface area contributed by atoms with E-state index in [0.717, 1.165) is 11.3 Å². The molecule has 0 fully saturated rings. The highest BCUT2D eigenvalue weighted by Gasteiger charge is 1.99. The van der Waals surface area contributed by atoms with Gasteiger partial charge in [-0.1, -0.05) is 11.8 Å². The van der Waals surface area contributed by atoms with E-state index in [1.54, 1.807) is 7.11 Å². The highest BCUT2D eigenvalue weighted by atomic mass is 19.1. The average Bonchev–Trinajstić information content (AvgIpc) is 2.54. The van der Waals surface area contributed by atoms with E-state index in [2.05, 4.69) is 22.5 Å². The molecule has 2 amide bonds. The molecular weight excluding hydrogens is 283 g/mol. The summed E-state index contributed by atoms with van der Waals surface area (Å²) < 4.78 is 17.8. The normalized spacial score (nSPS) is 9.36. The summed E-state index contributed by atoms with van der Waals surface area (Å²) in [5.74, 6) is 6.18. The molecule has 2 aromatic carbocycles. The Morgan fingerprint density at radius 2 is 1.82 bits per heavy atom. The topological polar surface area (TPSA) is 50.4 Å². The zero-order valence-corrected chi connectivity index (χ0v) is 12.0. The number of methoxy groups -OCH3 is 1. The minimum absolute atomic E-state index is 0.207. The fourth-order valence-corrected chi connectivity index (χ4v) is 1.65. The molecule has 112 valence electrons. The third-order valence-corrected chi connectivity index (χ3v) is 2.76. The van der Waals surface area contributed by atoms with Gasteiger partial charge in [-0.05, 0) is 48.5 Å². The Morgan fingerprint density at radius 3 is 2.45 bits per heavy atom. The Morgan fingerprint density at radius 1 is 1.14 bits per heavy atom. The van der Waals surface area contributed by atoms with Crippen LogP contribution in [0.5, 0.6) is 5.75 Å². The van der Waals surface area contributed by atoms with E-state index in [4.69, 9.17) is 4.74 Å². The molecule has 0 aromatic heterocycles. The fraction of sp³-hybridized carbons (Fsp3) is 0.118. The van der Waals surface area contributed by atoms with Crippen LogP contribution in [0.4, 0.5) is 14.9 Å². The van der Waals surface area contributed by atoms with Crippen molar-refractivity contribution in [1.29, 1.82) is 0 Å². The molecule has 22 heavy (non-hydrogen) atoms. The molecule has 0 spiro atoms. The number of hydrogen-bond donors (Lipinski definition) is 2. The maximum absolute atomic E-state index is 12.7. The summed E-state index contributed by atoms with van der Waals surface area (Å²) in [5, 5.41) is 5.18. The number of hydrogen-bond acceptors (Lipinski definition) is 2. The number of nitrogens with one attached hydrogen (secondary N) is 2. The lowest BCUT2D eigenvalue weighted by atomic mass is 10.2. The zero-order chi connectivity index (χ0) is 15.8. The molecule has 5 heteroatoms. The van der Waals surface area contributed by atoms with Crippen molar-refractivity contribution in [2.45, 2.75) is 0 Å². The molecule has 0 heterocycles. The van der Waals surface area contributed by atoms with E-state index >= 15 is 0 Å². The lowest BCUT2D eigenvalue weighted by molar-refractivity contribution is 0.253. The molecule has 2 rings (SSSR count). The smallest absolute Gasteiger partial charge is 0.319 e. The molecule has 4 nitrogen and oxygen atoms in total. The molecular formula is C17H15FN2O2. The van der Waals surface area contributed by atoms with Gasteiger partial charge in [-0.3, -0.25) is 0 Å². The molecule has 0 aliphatic carbocycles. The summed E-state index contributed by atoms with van der Waals surface area (Å²) in [6.07, 6.45) is 0. The van der Waals surface area contributed by atoms with Crippen LogP contribution >= 0.6 is 0 Å². The van der Waals surface area contributed by atoms with Gasteiger partial charge in [0, 0.05) is 11.3 Å². The van der Waals surface area contributed by atoms with Gasteiger partial charge >= 0.3 is 6.03 Å². The van der Waals surface area contributed by atoms with Gasteiger partial charge in [0.25, 0.3) is 0 Å². The third kappa shape index (κ3) is 4.84. The van der Waals surface area contributed by atoms with Gasteiger partial charge in [-0.2, -0.15) is 0 Å². The number of carbonyl (C=O) groups excluding carboxylic acids is 1. The summed E-state index contributed by atoms with van der Waals surface area (Å²) in [5.41, 5.74) is 1.35. The van der Waals surface area contributed by atoms with Crippen LogP contribution in [0.15, 0.2) is 48.5 Å². The minimum atomic E-state index is -0.393. The number of benzene rings is 2. The monoisotopic (exact) mass is 298 g/mol.